The van der Waals surface area contributed by atoms with Crippen molar-refractivity contribution in [3.05, 3.63) is 46.9 Å². The van der Waals surface area contributed by atoms with E-state index in [1.54, 1.807) is 6.20 Å². The number of nitrogens with two attached hydrogens (primary N) is 1. The van der Waals surface area contributed by atoms with Crippen molar-refractivity contribution in [1.29, 1.82) is 0 Å². The highest BCUT2D eigenvalue weighted by atomic mass is 35.5. The monoisotopic (exact) mass is 588 g/mol. The number of likely N-dealkylation sites (tertiary alicyclic amines) is 1. The summed E-state index contributed by atoms with van der Waals surface area (Å²) in [6.07, 6.45) is 3.56. The Morgan fingerprint density at radius 2 is 1.76 bits per heavy atom. The van der Waals surface area contributed by atoms with Gasteiger partial charge in [-0.05, 0) is 66.0 Å². The summed E-state index contributed by atoms with van der Waals surface area (Å²) in [5.41, 5.74) is 6.15. The number of piperidine rings is 1. The number of halogens is 3. The molecule has 0 radical (unpaired) electrons. The zero-order valence-electron chi connectivity index (χ0n) is 23.5. The first-order valence-corrected chi connectivity index (χ1v) is 14.0. The van der Waals surface area contributed by atoms with Crippen LogP contribution in [0.15, 0.2) is 24.4 Å². The van der Waals surface area contributed by atoms with Gasteiger partial charge >= 0.3 is 0 Å². The van der Waals surface area contributed by atoms with Crippen molar-refractivity contribution in [1.82, 2.24) is 29.8 Å². The van der Waals surface area contributed by atoms with Crippen LogP contribution in [0.5, 0.6) is 0 Å². The van der Waals surface area contributed by atoms with Crippen LogP contribution in [0.3, 0.4) is 0 Å². The molecule has 1 aromatic carbocycles. The quantitative estimate of drug-likeness (QED) is 0.372. The number of carbonyl (C=O) groups excluding carboxylic acids is 1. The number of nitrogen functional groups attached to an aromatic ring is 1. The summed E-state index contributed by atoms with van der Waals surface area (Å²) < 4.78 is 30.8. The van der Waals surface area contributed by atoms with Crippen LogP contribution in [-0.4, -0.2) is 94.1 Å². The van der Waals surface area contributed by atoms with Gasteiger partial charge in [-0.25, -0.2) is 14.1 Å². The van der Waals surface area contributed by atoms with E-state index in [0.29, 0.717) is 30.3 Å². The Hall–Kier alpha value is -3.55. The lowest BCUT2D eigenvalue weighted by molar-refractivity contribution is 0.102. The number of benzene rings is 1. The molecule has 2 fully saturated rings. The molecule has 41 heavy (non-hydrogen) atoms. The van der Waals surface area contributed by atoms with Crippen LogP contribution in [0, 0.1) is 11.8 Å². The number of nitrogens with zero attached hydrogens (tertiary/aromatic N) is 7. The molecule has 1 amide bonds. The molecule has 0 saturated carbocycles. The molecule has 14 heteroatoms. The Morgan fingerprint density at radius 1 is 1.07 bits per heavy atom. The molecule has 2 saturated heterocycles. The number of carbonyl (C=O) groups is 1. The fourth-order valence-corrected chi connectivity index (χ4v) is 5.55. The molecule has 0 bridgehead atoms. The van der Waals surface area contributed by atoms with Gasteiger partial charge in [0.05, 0.1) is 28.8 Å². The molecule has 5 rings (SSSR count). The lowest BCUT2D eigenvalue weighted by Crippen LogP contribution is -2.55. The minimum atomic E-state index is -0.965. The summed E-state index contributed by atoms with van der Waals surface area (Å²) in [5, 5.41) is 14.2. The Labute approximate surface area is 242 Å². The van der Waals surface area contributed by atoms with Gasteiger partial charge in [-0.1, -0.05) is 16.8 Å². The highest BCUT2D eigenvalue weighted by Crippen LogP contribution is 2.34. The first-order chi connectivity index (χ1) is 19.5. The summed E-state index contributed by atoms with van der Waals surface area (Å²) in [6.45, 7) is 7.37. The predicted octanol–water partition coefficient (Wildman–Crippen LogP) is 3.46. The summed E-state index contributed by atoms with van der Waals surface area (Å²) in [7, 11) is 4.14. The molecule has 0 unspecified atom stereocenters. The molecular formula is C27H35ClF2N10O. The molecule has 4 N–H and O–H groups in total. The lowest BCUT2D eigenvalue weighted by atomic mass is 10.1. The van der Waals surface area contributed by atoms with E-state index in [0.717, 1.165) is 32.0 Å². The van der Waals surface area contributed by atoms with Crippen molar-refractivity contribution in [2.75, 3.05) is 61.5 Å². The minimum absolute atomic E-state index is 0.103. The zero-order chi connectivity index (χ0) is 29.4. The van der Waals surface area contributed by atoms with Gasteiger partial charge in [-0.3, -0.25) is 9.69 Å². The van der Waals surface area contributed by atoms with Crippen LogP contribution < -0.4 is 21.3 Å². The van der Waals surface area contributed by atoms with Crippen LogP contribution in [0.2, 0.25) is 5.15 Å². The fraction of sp³-hybridized carbons (Fsp3) is 0.481. The van der Waals surface area contributed by atoms with E-state index >= 15 is 4.39 Å². The highest BCUT2D eigenvalue weighted by Gasteiger charge is 2.30. The number of piperazine rings is 1. The first kappa shape index (κ1) is 29.0. The Bertz CT molecular complexity index is 1420. The minimum Gasteiger partial charge on any atom is -0.395 e. The largest absolute Gasteiger partial charge is 0.395 e. The average molecular weight is 589 g/mol. The van der Waals surface area contributed by atoms with E-state index in [4.69, 9.17) is 17.3 Å². The van der Waals surface area contributed by atoms with Crippen LogP contribution in [-0.2, 0) is 0 Å². The van der Waals surface area contributed by atoms with Crippen molar-refractivity contribution in [3.63, 3.8) is 0 Å². The highest BCUT2D eigenvalue weighted by molar-refractivity contribution is 6.33. The van der Waals surface area contributed by atoms with Crippen molar-refractivity contribution < 1.29 is 13.6 Å². The smallest absolute Gasteiger partial charge is 0.258 e. The number of likely N-dealkylation sites (N-methyl/N-ethyl adjacent to an activating group) is 1. The molecule has 2 aliphatic heterocycles. The van der Waals surface area contributed by atoms with E-state index < -0.39 is 17.7 Å². The summed E-state index contributed by atoms with van der Waals surface area (Å²) in [4.78, 5) is 23.4. The average Bonchev–Trinajstić information content (AvgIpc) is 3.39. The molecule has 0 aliphatic carbocycles. The summed E-state index contributed by atoms with van der Waals surface area (Å²) in [5.74, 6) is -1.62. The predicted molar refractivity (Wildman–Crippen MR) is 156 cm³/mol. The standard InChI is InChI=1S/C27H35ClF2N10O/c1-15-12-39(13-16(2)38(15)4)23-10-19(29)22(40-14-24(35-36-40)32-17-5-7-37(3)8-6-17)11-21(23)33-27(41)18-9-20(31)26(30)34-25(18)28/h9-11,14-17,32H,5-8,12-13,31H2,1-4H3,(H,33,41)/t15-,16+. The van der Waals surface area contributed by atoms with E-state index in [2.05, 4.69) is 63.7 Å². The van der Waals surface area contributed by atoms with Gasteiger partial charge in [0.15, 0.2) is 11.6 Å². The summed E-state index contributed by atoms with van der Waals surface area (Å²) >= 11 is 6.07. The van der Waals surface area contributed by atoms with Crippen LogP contribution in [0.1, 0.15) is 37.0 Å². The molecule has 4 heterocycles. The van der Waals surface area contributed by atoms with Crippen LogP contribution in [0.4, 0.5) is 31.7 Å². The first-order valence-electron chi connectivity index (χ1n) is 13.6. The van der Waals surface area contributed by atoms with Crippen molar-refractivity contribution >= 4 is 40.4 Å². The van der Waals surface area contributed by atoms with Crippen molar-refractivity contribution in [2.45, 2.75) is 44.8 Å². The lowest BCUT2D eigenvalue weighted by Gasteiger charge is -2.44. The van der Waals surface area contributed by atoms with E-state index in [-0.39, 0.29) is 40.2 Å². The molecule has 2 atom stereocenters. The fourth-order valence-electron chi connectivity index (χ4n) is 5.33. The van der Waals surface area contributed by atoms with E-state index in [9.17, 15) is 9.18 Å². The molecule has 2 aromatic heterocycles. The zero-order valence-corrected chi connectivity index (χ0v) is 24.3. The van der Waals surface area contributed by atoms with Gasteiger partial charge in [0, 0.05) is 37.3 Å². The number of hydrogen-bond acceptors (Lipinski definition) is 9. The topological polar surface area (TPSA) is 120 Å². The molecule has 11 nitrogen and oxygen atoms in total. The third kappa shape index (κ3) is 6.21. The number of nitrogens with one attached hydrogen (secondary N) is 2. The normalized spacial score (nSPS) is 20.8. The number of pyridine rings is 1. The van der Waals surface area contributed by atoms with Crippen LogP contribution in [0.25, 0.3) is 5.69 Å². The second-order valence-electron chi connectivity index (χ2n) is 11.0. The third-order valence-corrected chi connectivity index (χ3v) is 8.31. The molecule has 220 valence electrons. The Kier molecular flexibility index (Phi) is 8.30. The second-order valence-corrected chi connectivity index (χ2v) is 11.4. The van der Waals surface area contributed by atoms with Gasteiger partial charge in [0.25, 0.3) is 5.91 Å². The van der Waals surface area contributed by atoms with Gasteiger partial charge in [0.2, 0.25) is 5.95 Å². The Balaban J connectivity index is 1.48. The van der Waals surface area contributed by atoms with Crippen LogP contribution >= 0.6 is 11.6 Å². The molecule has 0 spiro atoms. The maximum absolute atomic E-state index is 15.7. The van der Waals surface area contributed by atoms with Crippen molar-refractivity contribution in [2.24, 2.45) is 0 Å². The number of anilines is 4. The number of amides is 1. The van der Waals surface area contributed by atoms with Gasteiger partial charge in [-0.2, -0.15) is 4.39 Å². The molecule has 3 aromatic rings. The van der Waals surface area contributed by atoms with Gasteiger partial charge in [0.1, 0.15) is 10.8 Å². The molecule has 2 aliphatic rings. The SMILES string of the molecule is C[C@@H]1CN(c2cc(F)c(-n3cc(NC4CCN(C)CC4)nn3)cc2NC(=O)c2cc(N)c(F)nc2Cl)C[C@H](C)N1C. The van der Waals surface area contributed by atoms with Crippen molar-refractivity contribution in [3.8, 4) is 5.69 Å². The van der Waals surface area contributed by atoms with E-state index in [1.807, 2.05) is 4.90 Å². The number of rotatable bonds is 6. The second kappa shape index (κ2) is 11.7. The maximum atomic E-state index is 15.7. The number of hydrogen-bond donors (Lipinski definition) is 3. The van der Waals surface area contributed by atoms with Gasteiger partial charge < -0.3 is 26.2 Å². The maximum Gasteiger partial charge on any atom is 0.258 e. The number of aromatic nitrogens is 4. The van der Waals surface area contributed by atoms with E-state index in [1.165, 1.54) is 16.8 Å². The summed E-state index contributed by atoms with van der Waals surface area (Å²) in [6, 6.07) is 4.65. The van der Waals surface area contributed by atoms with Gasteiger partial charge in [-0.15, -0.1) is 5.10 Å². The third-order valence-electron chi connectivity index (χ3n) is 8.03. The Morgan fingerprint density at radius 3 is 2.44 bits per heavy atom. The molecular weight excluding hydrogens is 554 g/mol.